The van der Waals surface area contributed by atoms with Gasteiger partial charge in [-0.1, -0.05) is 6.07 Å². The Balaban J connectivity index is 0. The van der Waals surface area contributed by atoms with E-state index in [1.807, 2.05) is 32.0 Å². The van der Waals surface area contributed by atoms with E-state index in [9.17, 15) is 4.39 Å². The van der Waals surface area contributed by atoms with Crippen LogP contribution in [0.25, 0.3) is 0 Å². The van der Waals surface area contributed by atoms with Gasteiger partial charge in [0.25, 0.3) is 0 Å². The third-order valence-electron chi connectivity index (χ3n) is 2.09. The minimum Gasteiger partial charge on any atom is -0.378 e. The second-order valence-corrected chi connectivity index (χ2v) is 3.85. The SMILES string of the molecule is CC(N)Cc1ccc(N(C)C)cc1F.Cl.Cl. The van der Waals surface area contributed by atoms with E-state index in [1.54, 1.807) is 6.07 Å². The summed E-state index contributed by atoms with van der Waals surface area (Å²) in [7, 11) is 3.78. The van der Waals surface area contributed by atoms with Crippen LogP contribution >= 0.6 is 24.8 Å². The first-order valence-corrected chi connectivity index (χ1v) is 4.72. The second-order valence-electron chi connectivity index (χ2n) is 3.85. The lowest BCUT2D eigenvalue weighted by Gasteiger charge is -2.14. The van der Waals surface area contributed by atoms with Crippen molar-refractivity contribution in [3.8, 4) is 0 Å². The summed E-state index contributed by atoms with van der Waals surface area (Å²) in [4.78, 5) is 1.87. The van der Waals surface area contributed by atoms with Gasteiger partial charge in [-0.05, 0) is 31.0 Å². The fourth-order valence-corrected chi connectivity index (χ4v) is 1.33. The molecule has 0 saturated heterocycles. The zero-order chi connectivity index (χ0) is 10.7. The van der Waals surface area contributed by atoms with Crippen LogP contribution in [0.3, 0.4) is 0 Å². The molecule has 0 amide bonds. The third kappa shape index (κ3) is 5.01. The van der Waals surface area contributed by atoms with Crippen LogP contribution < -0.4 is 10.6 Å². The molecule has 0 fully saturated rings. The van der Waals surface area contributed by atoms with E-state index in [4.69, 9.17) is 5.73 Å². The van der Waals surface area contributed by atoms with Gasteiger partial charge in [0.05, 0.1) is 0 Å². The molecule has 16 heavy (non-hydrogen) atoms. The lowest BCUT2D eigenvalue weighted by atomic mass is 10.1. The van der Waals surface area contributed by atoms with Crippen LogP contribution in [-0.4, -0.2) is 20.1 Å². The Labute approximate surface area is 109 Å². The Morgan fingerprint density at radius 2 is 1.88 bits per heavy atom. The van der Waals surface area contributed by atoms with Gasteiger partial charge < -0.3 is 10.6 Å². The molecular formula is C11H19Cl2FN2. The molecule has 2 nitrogen and oxygen atoms in total. The molecule has 5 heteroatoms. The minimum atomic E-state index is -0.173. The Morgan fingerprint density at radius 3 is 2.25 bits per heavy atom. The van der Waals surface area contributed by atoms with Crippen LogP contribution in [0.1, 0.15) is 12.5 Å². The minimum absolute atomic E-state index is 0. The molecule has 0 aliphatic carbocycles. The van der Waals surface area contributed by atoms with E-state index in [2.05, 4.69) is 0 Å². The molecule has 1 atom stereocenters. The molecule has 1 unspecified atom stereocenters. The molecule has 0 bridgehead atoms. The topological polar surface area (TPSA) is 29.3 Å². The van der Waals surface area contributed by atoms with E-state index in [0.717, 1.165) is 5.69 Å². The van der Waals surface area contributed by atoms with Gasteiger partial charge >= 0.3 is 0 Å². The molecule has 94 valence electrons. The molecule has 1 rings (SSSR count). The van der Waals surface area contributed by atoms with E-state index < -0.39 is 0 Å². The van der Waals surface area contributed by atoms with Crippen molar-refractivity contribution in [3.63, 3.8) is 0 Å². The van der Waals surface area contributed by atoms with Crippen molar-refractivity contribution in [2.75, 3.05) is 19.0 Å². The van der Waals surface area contributed by atoms with Crippen molar-refractivity contribution in [1.82, 2.24) is 0 Å². The normalized spacial score (nSPS) is 11.1. The number of nitrogens with zero attached hydrogens (tertiary/aromatic N) is 1. The van der Waals surface area contributed by atoms with E-state index in [0.29, 0.717) is 12.0 Å². The zero-order valence-electron chi connectivity index (χ0n) is 9.74. The maximum atomic E-state index is 13.5. The zero-order valence-corrected chi connectivity index (χ0v) is 11.4. The number of anilines is 1. The molecule has 1 aromatic carbocycles. The molecule has 0 aliphatic heterocycles. The summed E-state index contributed by atoms with van der Waals surface area (Å²) in [5, 5.41) is 0. The standard InChI is InChI=1S/C11H17FN2.2ClH/c1-8(13)6-9-4-5-10(14(2)3)7-11(9)12;;/h4-5,7-8H,6,13H2,1-3H3;2*1H. The van der Waals surface area contributed by atoms with Gasteiger partial charge in [-0.15, -0.1) is 24.8 Å². The van der Waals surface area contributed by atoms with E-state index >= 15 is 0 Å². The fraction of sp³-hybridized carbons (Fsp3) is 0.455. The van der Waals surface area contributed by atoms with Crippen molar-refractivity contribution in [1.29, 1.82) is 0 Å². The lowest BCUT2D eigenvalue weighted by molar-refractivity contribution is 0.596. The number of hydrogen-bond donors (Lipinski definition) is 1. The highest BCUT2D eigenvalue weighted by Gasteiger charge is 2.06. The van der Waals surface area contributed by atoms with Gasteiger partial charge in [0.1, 0.15) is 5.82 Å². The highest BCUT2D eigenvalue weighted by molar-refractivity contribution is 5.85. The Morgan fingerprint density at radius 1 is 1.31 bits per heavy atom. The predicted molar refractivity (Wildman–Crippen MR) is 72.6 cm³/mol. The molecule has 0 radical (unpaired) electrons. The average molecular weight is 269 g/mol. The molecule has 2 N–H and O–H groups in total. The summed E-state index contributed by atoms with van der Waals surface area (Å²) < 4.78 is 13.5. The van der Waals surface area contributed by atoms with E-state index in [1.165, 1.54) is 6.07 Å². The number of nitrogens with two attached hydrogens (primary N) is 1. The van der Waals surface area contributed by atoms with Crippen LogP contribution in [-0.2, 0) is 6.42 Å². The predicted octanol–water partition coefficient (Wildman–Crippen LogP) is 2.63. The van der Waals surface area contributed by atoms with Gasteiger partial charge in [-0.2, -0.15) is 0 Å². The van der Waals surface area contributed by atoms with Crippen LogP contribution in [0.4, 0.5) is 10.1 Å². The van der Waals surface area contributed by atoms with E-state index in [-0.39, 0.29) is 36.7 Å². The molecule has 0 aromatic heterocycles. The molecule has 0 aliphatic rings. The lowest BCUT2D eigenvalue weighted by Crippen LogP contribution is -2.18. The van der Waals surface area contributed by atoms with Crippen LogP contribution in [0, 0.1) is 5.82 Å². The van der Waals surface area contributed by atoms with Crippen molar-refractivity contribution < 1.29 is 4.39 Å². The monoisotopic (exact) mass is 268 g/mol. The van der Waals surface area contributed by atoms with Crippen molar-refractivity contribution in [3.05, 3.63) is 29.6 Å². The molecular weight excluding hydrogens is 250 g/mol. The van der Waals surface area contributed by atoms with Gasteiger partial charge in [0.15, 0.2) is 0 Å². The number of benzene rings is 1. The summed E-state index contributed by atoms with van der Waals surface area (Å²) in [5.41, 5.74) is 7.17. The molecule has 0 saturated carbocycles. The Bertz CT molecular complexity index is 317. The van der Waals surface area contributed by atoms with Crippen molar-refractivity contribution in [2.24, 2.45) is 5.73 Å². The molecule has 1 aromatic rings. The van der Waals surface area contributed by atoms with Crippen molar-refractivity contribution >= 4 is 30.5 Å². The van der Waals surface area contributed by atoms with Crippen LogP contribution in [0.15, 0.2) is 18.2 Å². The summed E-state index contributed by atoms with van der Waals surface area (Å²) in [6.07, 6.45) is 0.583. The second kappa shape index (κ2) is 7.71. The fourth-order valence-electron chi connectivity index (χ4n) is 1.33. The maximum Gasteiger partial charge on any atom is 0.128 e. The van der Waals surface area contributed by atoms with Gasteiger partial charge in [-0.25, -0.2) is 4.39 Å². The first-order chi connectivity index (χ1) is 6.50. The first kappa shape index (κ1) is 17.9. The first-order valence-electron chi connectivity index (χ1n) is 4.72. The summed E-state index contributed by atoms with van der Waals surface area (Å²) in [6, 6.07) is 5.24. The van der Waals surface area contributed by atoms with Crippen LogP contribution in [0.5, 0.6) is 0 Å². The summed E-state index contributed by atoms with van der Waals surface area (Å²) in [5.74, 6) is -0.173. The van der Waals surface area contributed by atoms with Gasteiger partial charge in [0.2, 0.25) is 0 Å². The van der Waals surface area contributed by atoms with Gasteiger partial charge in [-0.3, -0.25) is 0 Å². The average Bonchev–Trinajstić information content (AvgIpc) is 2.07. The van der Waals surface area contributed by atoms with Gasteiger partial charge in [0, 0.05) is 25.8 Å². The number of halogens is 3. The summed E-state index contributed by atoms with van der Waals surface area (Å²) >= 11 is 0. The number of hydrogen-bond acceptors (Lipinski definition) is 2. The maximum absolute atomic E-state index is 13.5. The highest BCUT2D eigenvalue weighted by atomic mass is 35.5. The van der Waals surface area contributed by atoms with Crippen molar-refractivity contribution in [2.45, 2.75) is 19.4 Å². The number of rotatable bonds is 3. The quantitative estimate of drug-likeness (QED) is 0.914. The smallest absolute Gasteiger partial charge is 0.128 e. The third-order valence-corrected chi connectivity index (χ3v) is 2.09. The summed E-state index contributed by atoms with van der Waals surface area (Å²) in [6.45, 7) is 1.87. The highest BCUT2D eigenvalue weighted by Crippen LogP contribution is 2.17. The Kier molecular flexibility index (Phi) is 8.62. The largest absolute Gasteiger partial charge is 0.378 e. The molecule has 0 heterocycles. The van der Waals surface area contributed by atoms with Crippen LogP contribution in [0.2, 0.25) is 0 Å². The Hall–Kier alpha value is -0.510. The molecule has 0 spiro atoms.